The van der Waals surface area contributed by atoms with Crippen LogP contribution < -0.4 is 4.90 Å². The van der Waals surface area contributed by atoms with Crippen LogP contribution in [0.15, 0.2) is 25.0 Å². The Balaban J connectivity index is 1.29. The summed E-state index contributed by atoms with van der Waals surface area (Å²) in [6.07, 6.45) is 5.84. The number of rotatable bonds is 4. The summed E-state index contributed by atoms with van der Waals surface area (Å²) in [5.74, 6) is 1.68. The summed E-state index contributed by atoms with van der Waals surface area (Å²) in [7, 11) is 0. The number of carbonyl (C=O) groups is 2. The van der Waals surface area contributed by atoms with Crippen molar-refractivity contribution in [3.05, 3.63) is 25.0 Å². The summed E-state index contributed by atoms with van der Waals surface area (Å²) in [5.41, 5.74) is 0. The zero-order valence-electron chi connectivity index (χ0n) is 17.1. The van der Waals surface area contributed by atoms with Crippen molar-refractivity contribution in [3.63, 3.8) is 0 Å². The molecule has 0 N–H and O–H groups in total. The second-order valence-electron chi connectivity index (χ2n) is 7.35. The number of piperazine rings is 1. The Morgan fingerprint density at radius 2 is 1.70 bits per heavy atom. The molecule has 11 nitrogen and oxygen atoms in total. The van der Waals surface area contributed by atoms with E-state index >= 15 is 0 Å². The maximum atomic E-state index is 12.9. The highest BCUT2D eigenvalue weighted by Crippen LogP contribution is 2.24. The molecule has 0 atom stereocenters. The maximum Gasteiger partial charge on any atom is 0.409 e. The molecule has 4 rings (SSSR count). The number of hydrogen-bond donors (Lipinski definition) is 0. The maximum absolute atomic E-state index is 12.9. The molecule has 0 bridgehead atoms. The van der Waals surface area contributed by atoms with Crippen LogP contribution in [0.4, 0.5) is 10.6 Å². The molecule has 0 aliphatic carbocycles. The van der Waals surface area contributed by atoms with Gasteiger partial charge in [-0.1, -0.05) is 0 Å². The lowest BCUT2D eigenvalue weighted by Gasteiger charge is -2.38. The highest BCUT2D eigenvalue weighted by atomic mass is 16.6. The van der Waals surface area contributed by atoms with Gasteiger partial charge < -0.3 is 19.4 Å². The van der Waals surface area contributed by atoms with Crippen molar-refractivity contribution in [1.29, 1.82) is 0 Å². The molecule has 30 heavy (non-hydrogen) atoms. The van der Waals surface area contributed by atoms with Crippen molar-refractivity contribution in [3.8, 4) is 5.82 Å². The van der Waals surface area contributed by atoms with Crippen molar-refractivity contribution in [2.45, 2.75) is 19.8 Å². The van der Waals surface area contributed by atoms with Crippen LogP contribution >= 0.6 is 0 Å². The van der Waals surface area contributed by atoms with E-state index in [2.05, 4.69) is 25.0 Å². The first-order valence-electron chi connectivity index (χ1n) is 10.3. The van der Waals surface area contributed by atoms with E-state index in [0.717, 1.165) is 31.7 Å². The first kappa shape index (κ1) is 20.0. The molecule has 2 fully saturated rings. The number of hydrogen-bond acceptors (Lipinski definition) is 8. The van der Waals surface area contributed by atoms with E-state index in [4.69, 9.17) is 4.74 Å². The molecule has 160 valence electrons. The van der Waals surface area contributed by atoms with Crippen LogP contribution in [0.5, 0.6) is 0 Å². The van der Waals surface area contributed by atoms with Gasteiger partial charge in [0.1, 0.15) is 24.8 Å². The van der Waals surface area contributed by atoms with Crippen LogP contribution in [0.2, 0.25) is 0 Å². The average molecular weight is 414 g/mol. The van der Waals surface area contributed by atoms with Gasteiger partial charge in [0, 0.05) is 51.3 Å². The van der Waals surface area contributed by atoms with E-state index in [0.29, 0.717) is 38.6 Å². The molecule has 2 aromatic rings. The minimum absolute atomic E-state index is 0.00650. The van der Waals surface area contributed by atoms with E-state index in [1.165, 1.54) is 12.7 Å². The Kier molecular flexibility index (Phi) is 6.05. The largest absolute Gasteiger partial charge is 0.450 e. The molecule has 0 spiro atoms. The van der Waals surface area contributed by atoms with Gasteiger partial charge in [-0.05, 0) is 19.8 Å². The van der Waals surface area contributed by atoms with Crippen molar-refractivity contribution < 1.29 is 14.3 Å². The summed E-state index contributed by atoms with van der Waals surface area (Å²) >= 11 is 0. The fraction of sp³-hybridized carbons (Fsp3) is 0.579. The van der Waals surface area contributed by atoms with E-state index in [9.17, 15) is 9.59 Å². The number of amides is 2. The standard InChI is InChI=1S/C19H26N8O3/c1-2-30-19(29)26-9-7-25(8-10-26)18(28)15-3-5-24(6-4-15)16-11-17(22-13-21-16)27-14-20-12-23-27/h11-15H,2-10H2,1H3. The van der Waals surface area contributed by atoms with Gasteiger partial charge in [0.15, 0.2) is 5.82 Å². The van der Waals surface area contributed by atoms with Gasteiger partial charge in [0.25, 0.3) is 0 Å². The lowest BCUT2D eigenvalue weighted by atomic mass is 9.95. The van der Waals surface area contributed by atoms with Crippen molar-refractivity contribution in [2.24, 2.45) is 5.92 Å². The molecule has 2 saturated heterocycles. The van der Waals surface area contributed by atoms with Crippen LogP contribution in [0, 0.1) is 5.92 Å². The van der Waals surface area contributed by atoms with Gasteiger partial charge in [-0.25, -0.2) is 24.4 Å². The van der Waals surface area contributed by atoms with Gasteiger partial charge in [-0.3, -0.25) is 4.79 Å². The lowest BCUT2D eigenvalue weighted by molar-refractivity contribution is -0.137. The predicted molar refractivity (Wildman–Crippen MR) is 107 cm³/mol. The second-order valence-corrected chi connectivity index (χ2v) is 7.35. The van der Waals surface area contributed by atoms with Crippen LogP contribution in [0.25, 0.3) is 5.82 Å². The van der Waals surface area contributed by atoms with E-state index < -0.39 is 0 Å². The Bertz CT molecular complexity index is 858. The molecular formula is C19H26N8O3. The fourth-order valence-electron chi connectivity index (χ4n) is 3.90. The van der Waals surface area contributed by atoms with E-state index in [1.54, 1.807) is 22.8 Å². The number of anilines is 1. The van der Waals surface area contributed by atoms with Gasteiger partial charge in [0.2, 0.25) is 5.91 Å². The van der Waals surface area contributed by atoms with Gasteiger partial charge in [-0.2, -0.15) is 5.10 Å². The quantitative estimate of drug-likeness (QED) is 0.714. The summed E-state index contributed by atoms with van der Waals surface area (Å²) in [6, 6.07) is 1.88. The van der Waals surface area contributed by atoms with Crippen molar-refractivity contribution in [2.75, 3.05) is 50.8 Å². The number of piperidine rings is 1. The monoisotopic (exact) mass is 414 g/mol. The highest BCUT2D eigenvalue weighted by molar-refractivity contribution is 5.79. The summed E-state index contributed by atoms with van der Waals surface area (Å²) in [4.78, 5) is 43.0. The number of ether oxygens (including phenoxy) is 1. The molecule has 0 unspecified atom stereocenters. The molecule has 11 heteroatoms. The number of nitrogens with zero attached hydrogens (tertiary/aromatic N) is 8. The van der Waals surface area contributed by atoms with Crippen molar-refractivity contribution in [1.82, 2.24) is 34.5 Å². The normalized spacial score (nSPS) is 17.8. The second kappa shape index (κ2) is 9.06. The molecule has 4 heterocycles. The molecule has 0 radical (unpaired) electrons. The zero-order valence-corrected chi connectivity index (χ0v) is 17.1. The van der Waals surface area contributed by atoms with Crippen LogP contribution in [0.3, 0.4) is 0 Å². The predicted octanol–water partition coefficient (Wildman–Crippen LogP) is 0.574. The van der Waals surface area contributed by atoms with Gasteiger partial charge >= 0.3 is 6.09 Å². The van der Waals surface area contributed by atoms with Gasteiger partial charge in [-0.15, -0.1) is 0 Å². The van der Waals surface area contributed by atoms with Crippen LogP contribution in [-0.4, -0.2) is 92.4 Å². The third-order valence-electron chi connectivity index (χ3n) is 5.58. The van der Waals surface area contributed by atoms with E-state index in [1.807, 2.05) is 11.0 Å². The molecule has 2 aliphatic rings. The third kappa shape index (κ3) is 4.34. The third-order valence-corrected chi connectivity index (χ3v) is 5.58. The number of carbonyl (C=O) groups excluding carboxylic acids is 2. The Hall–Kier alpha value is -3.24. The Morgan fingerprint density at radius 3 is 2.37 bits per heavy atom. The Labute approximate surface area is 174 Å². The lowest BCUT2D eigenvalue weighted by Crippen LogP contribution is -2.53. The highest BCUT2D eigenvalue weighted by Gasteiger charge is 2.32. The minimum atomic E-state index is -0.298. The fourth-order valence-corrected chi connectivity index (χ4v) is 3.90. The van der Waals surface area contributed by atoms with Crippen LogP contribution in [-0.2, 0) is 9.53 Å². The molecule has 0 aromatic carbocycles. The average Bonchev–Trinajstić information content (AvgIpc) is 3.34. The molecule has 2 aliphatic heterocycles. The smallest absolute Gasteiger partial charge is 0.409 e. The first-order valence-corrected chi connectivity index (χ1v) is 10.3. The number of aromatic nitrogens is 5. The minimum Gasteiger partial charge on any atom is -0.450 e. The topological polar surface area (TPSA) is 110 Å². The van der Waals surface area contributed by atoms with E-state index in [-0.39, 0.29) is 17.9 Å². The SMILES string of the molecule is CCOC(=O)N1CCN(C(=O)C2CCN(c3cc(-n4cncn4)ncn3)CC2)CC1. The summed E-state index contributed by atoms with van der Waals surface area (Å²) in [6.45, 7) is 5.84. The molecule has 2 aromatic heterocycles. The summed E-state index contributed by atoms with van der Waals surface area (Å²) < 4.78 is 6.63. The molecule has 0 saturated carbocycles. The van der Waals surface area contributed by atoms with Crippen molar-refractivity contribution >= 4 is 17.8 Å². The molecule has 2 amide bonds. The zero-order chi connectivity index (χ0) is 20.9. The summed E-state index contributed by atoms with van der Waals surface area (Å²) in [5, 5.41) is 4.10. The molecular weight excluding hydrogens is 388 g/mol. The van der Waals surface area contributed by atoms with Crippen LogP contribution in [0.1, 0.15) is 19.8 Å². The Morgan fingerprint density at radius 1 is 1.00 bits per heavy atom. The first-order chi connectivity index (χ1) is 14.7. The van der Waals surface area contributed by atoms with Gasteiger partial charge in [0.05, 0.1) is 6.61 Å².